The Hall–Kier alpha value is -2.16. The highest BCUT2D eigenvalue weighted by Crippen LogP contribution is 2.41. The lowest BCUT2D eigenvalue weighted by atomic mass is 9.78. The number of fused-ring (bicyclic) bond motifs is 1. The van der Waals surface area contributed by atoms with Crippen LogP contribution in [0.5, 0.6) is 11.5 Å². The summed E-state index contributed by atoms with van der Waals surface area (Å²) in [6.45, 7) is 0.956. The number of aliphatic hydroxyl groups is 1. The van der Waals surface area contributed by atoms with Crippen molar-refractivity contribution in [2.75, 3.05) is 25.1 Å². The average Bonchev–Trinajstić information content (AvgIpc) is 2.84. The van der Waals surface area contributed by atoms with Crippen molar-refractivity contribution < 1.29 is 27.8 Å². The minimum atomic E-state index is -4.30. The molecule has 0 saturated heterocycles. The van der Waals surface area contributed by atoms with E-state index in [2.05, 4.69) is 10.3 Å². The van der Waals surface area contributed by atoms with Gasteiger partial charge in [-0.2, -0.15) is 13.2 Å². The van der Waals surface area contributed by atoms with Crippen molar-refractivity contribution in [1.29, 1.82) is 0 Å². The predicted molar refractivity (Wildman–Crippen MR) is 95.1 cm³/mol. The van der Waals surface area contributed by atoms with E-state index in [0.29, 0.717) is 36.8 Å². The van der Waals surface area contributed by atoms with Gasteiger partial charge in [0.05, 0.1) is 31.3 Å². The number of rotatable bonds is 3. The van der Waals surface area contributed by atoms with E-state index in [1.54, 1.807) is 18.2 Å². The molecule has 3 rings (SSSR count). The van der Waals surface area contributed by atoms with Crippen LogP contribution in [0.1, 0.15) is 32.1 Å². The van der Waals surface area contributed by atoms with Gasteiger partial charge in [0, 0.05) is 18.2 Å². The SMILES string of the molecule is NC(=NCC1(O)CCCC(C(F)(F)F)C1)Nc1ccc2c(c1)OCCCO2. The van der Waals surface area contributed by atoms with Gasteiger partial charge < -0.3 is 25.6 Å². The molecule has 6 nitrogen and oxygen atoms in total. The number of hydrogen-bond acceptors (Lipinski definition) is 4. The van der Waals surface area contributed by atoms with Gasteiger partial charge in [-0.15, -0.1) is 0 Å². The number of benzene rings is 1. The Bertz CT molecular complexity index is 696. The van der Waals surface area contributed by atoms with E-state index in [1.807, 2.05) is 0 Å². The van der Waals surface area contributed by atoms with Crippen LogP contribution in [-0.2, 0) is 0 Å². The zero-order valence-electron chi connectivity index (χ0n) is 14.9. The summed E-state index contributed by atoms with van der Waals surface area (Å²) in [6, 6.07) is 5.21. The Balaban J connectivity index is 1.61. The van der Waals surface area contributed by atoms with Crippen molar-refractivity contribution in [2.45, 2.75) is 43.9 Å². The molecule has 2 atom stereocenters. The summed E-state index contributed by atoms with van der Waals surface area (Å²) in [7, 11) is 0. The maximum absolute atomic E-state index is 12.9. The Morgan fingerprint density at radius 2 is 2.00 bits per heavy atom. The van der Waals surface area contributed by atoms with Gasteiger partial charge in [0.25, 0.3) is 0 Å². The molecule has 1 heterocycles. The van der Waals surface area contributed by atoms with Crippen LogP contribution in [0.15, 0.2) is 23.2 Å². The van der Waals surface area contributed by atoms with Crippen molar-refractivity contribution in [3.8, 4) is 11.5 Å². The summed E-state index contributed by atoms with van der Waals surface area (Å²) >= 11 is 0. The molecule has 1 saturated carbocycles. The van der Waals surface area contributed by atoms with Crippen LogP contribution in [0.3, 0.4) is 0 Å². The zero-order valence-corrected chi connectivity index (χ0v) is 14.9. The van der Waals surface area contributed by atoms with Crippen LogP contribution < -0.4 is 20.5 Å². The monoisotopic (exact) mass is 387 g/mol. The van der Waals surface area contributed by atoms with E-state index in [9.17, 15) is 18.3 Å². The molecule has 4 N–H and O–H groups in total. The normalized spacial score (nSPS) is 26.4. The van der Waals surface area contributed by atoms with Crippen LogP contribution in [0.25, 0.3) is 0 Å². The van der Waals surface area contributed by atoms with Gasteiger partial charge in [-0.25, -0.2) is 0 Å². The van der Waals surface area contributed by atoms with E-state index in [4.69, 9.17) is 15.2 Å². The third-order valence-corrected chi connectivity index (χ3v) is 4.85. The Labute approximate surface area is 155 Å². The quantitative estimate of drug-likeness (QED) is 0.548. The molecule has 0 bridgehead atoms. The van der Waals surface area contributed by atoms with Gasteiger partial charge in [-0.1, -0.05) is 0 Å². The lowest BCUT2D eigenvalue weighted by molar-refractivity contribution is -0.199. The Morgan fingerprint density at radius 1 is 1.26 bits per heavy atom. The number of nitrogens with two attached hydrogens (primary N) is 1. The van der Waals surface area contributed by atoms with Crippen molar-refractivity contribution in [1.82, 2.24) is 0 Å². The summed E-state index contributed by atoms with van der Waals surface area (Å²) < 4.78 is 49.9. The Morgan fingerprint density at radius 3 is 2.74 bits per heavy atom. The average molecular weight is 387 g/mol. The molecule has 1 aliphatic heterocycles. The Kier molecular flexibility index (Phi) is 5.69. The second-order valence-electron chi connectivity index (χ2n) is 7.10. The number of hydrogen-bond donors (Lipinski definition) is 3. The minimum Gasteiger partial charge on any atom is -0.490 e. The first-order valence-corrected chi connectivity index (χ1v) is 9.01. The van der Waals surface area contributed by atoms with Crippen molar-refractivity contribution in [3.05, 3.63) is 18.2 Å². The van der Waals surface area contributed by atoms with E-state index in [-0.39, 0.29) is 31.8 Å². The summed E-state index contributed by atoms with van der Waals surface area (Å²) in [6.07, 6.45) is -3.23. The predicted octanol–water partition coefficient (Wildman–Crippen LogP) is 3.06. The topological polar surface area (TPSA) is 89.1 Å². The molecule has 1 aromatic rings. The van der Waals surface area contributed by atoms with Gasteiger partial charge in [0.15, 0.2) is 17.5 Å². The second-order valence-corrected chi connectivity index (χ2v) is 7.10. The first-order valence-electron chi connectivity index (χ1n) is 9.01. The molecule has 9 heteroatoms. The van der Waals surface area contributed by atoms with Crippen molar-refractivity contribution >= 4 is 11.6 Å². The number of ether oxygens (including phenoxy) is 2. The molecule has 2 unspecified atom stereocenters. The van der Waals surface area contributed by atoms with Crippen LogP contribution in [0.4, 0.5) is 18.9 Å². The number of aliphatic imine (C=N–C) groups is 1. The second kappa shape index (κ2) is 7.84. The molecule has 0 spiro atoms. The van der Waals surface area contributed by atoms with E-state index in [0.717, 1.165) is 6.42 Å². The molecule has 150 valence electrons. The van der Waals surface area contributed by atoms with Crippen LogP contribution >= 0.6 is 0 Å². The summed E-state index contributed by atoms with van der Waals surface area (Å²) in [5.74, 6) is -0.248. The summed E-state index contributed by atoms with van der Waals surface area (Å²) in [5.41, 5.74) is 4.97. The van der Waals surface area contributed by atoms with Gasteiger partial charge >= 0.3 is 6.18 Å². The van der Waals surface area contributed by atoms with E-state index >= 15 is 0 Å². The standard InChI is InChI=1S/C18H24F3N3O3/c19-18(20,21)12-3-1-6-17(25,10-12)11-23-16(22)24-13-4-5-14-15(9-13)27-8-2-7-26-14/h4-5,9,12,25H,1-3,6-8,10-11H2,(H3,22,23,24). The van der Waals surface area contributed by atoms with Crippen LogP contribution in [0.2, 0.25) is 0 Å². The van der Waals surface area contributed by atoms with Crippen LogP contribution in [0, 0.1) is 5.92 Å². The lowest BCUT2D eigenvalue weighted by Crippen LogP contribution is -2.43. The third-order valence-electron chi connectivity index (χ3n) is 4.85. The fourth-order valence-electron chi connectivity index (χ4n) is 3.42. The smallest absolute Gasteiger partial charge is 0.391 e. The van der Waals surface area contributed by atoms with E-state index in [1.165, 1.54) is 0 Å². The zero-order chi connectivity index (χ0) is 19.5. The fourth-order valence-corrected chi connectivity index (χ4v) is 3.42. The molecular formula is C18H24F3N3O3. The number of nitrogens with zero attached hydrogens (tertiary/aromatic N) is 1. The molecule has 1 aromatic carbocycles. The molecule has 27 heavy (non-hydrogen) atoms. The van der Waals surface area contributed by atoms with Gasteiger partial charge in [0.2, 0.25) is 0 Å². The highest BCUT2D eigenvalue weighted by molar-refractivity contribution is 5.92. The van der Waals surface area contributed by atoms with Gasteiger partial charge in [-0.3, -0.25) is 4.99 Å². The number of halogens is 3. The third kappa shape index (κ3) is 5.18. The fraction of sp³-hybridized carbons (Fsp3) is 0.611. The van der Waals surface area contributed by atoms with Crippen LogP contribution in [-0.4, -0.2) is 42.6 Å². The highest BCUT2D eigenvalue weighted by atomic mass is 19.4. The molecular weight excluding hydrogens is 363 g/mol. The molecule has 0 amide bonds. The number of anilines is 1. The maximum atomic E-state index is 12.9. The first kappa shape index (κ1) is 19.6. The van der Waals surface area contributed by atoms with Gasteiger partial charge in [-0.05, 0) is 37.8 Å². The highest BCUT2D eigenvalue weighted by Gasteiger charge is 2.46. The minimum absolute atomic E-state index is 0.0204. The number of nitrogens with one attached hydrogen (secondary N) is 1. The number of guanidine groups is 1. The molecule has 2 aliphatic rings. The first-order chi connectivity index (χ1) is 12.8. The summed E-state index contributed by atoms with van der Waals surface area (Å²) in [4.78, 5) is 4.06. The molecule has 1 fully saturated rings. The lowest BCUT2D eigenvalue weighted by Gasteiger charge is -2.36. The molecule has 0 radical (unpaired) electrons. The molecule has 0 aromatic heterocycles. The largest absolute Gasteiger partial charge is 0.490 e. The van der Waals surface area contributed by atoms with Gasteiger partial charge in [0.1, 0.15) is 0 Å². The number of alkyl halides is 3. The molecule has 1 aliphatic carbocycles. The maximum Gasteiger partial charge on any atom is 0.391 e. The van der Waals surface area contributed by atoms with E-state index < -0.39 is 17.7 Å². The van der Waals surface area contributed by atoms with Crippen molar-refractivity contribution in [3.63, 3.8) is 0 Å². The summed E-state index contributed by atoms with van der Waals surface area (Å²) in [5, 5.41) is 13.4. The van der Waals surface area contributed by atoms with Crippen molar-refractivity contribution in [2.24, 2.45) is 16.6 Å².